The molecule has 0 aliphatic heterocycles. The van der Waals surface area contributed by atoms with Gasteiger partial charge >= 0.3 is 6.18 Å². The minimum absolute atomic E-state index is 0.244. The average Bonchev–Trinajstić information content (AvgIpc) is 3.01. The van der Waals surface area contributed by atoms with Gasteiger partial charge in [-0.2, -0.15) is 13.2 Å². The van der Waals surface area contributed by atoms with Crippen molar-refractivity contribution in [2.75, 3.05) is 5.73 Å². The normalized spacial score (nSPS) is 31.2. The van der Waals surface area contributed by atoms with E-state index in [1.807, 2.05) is 24.3 Å². The number of anilines is 1. The summed E-state index contributed by atoms with van der Waals surface area (Å²) in [5.74, 6) is 0.519. The van der Waals surface area contributed by atoms with Gasteiger partial charge in [-0.05, 0) is 36.8 Å². The van der Waals surface area contributed by atoms with Crippen LogP contribution in [0, 0.1) is 17.3 Å². The molecule has 0 aromatic carbocycles. The van der Waals surface area contributed by atoms with E-state index in [9.17, 15) is 13.2 Å². The van der Waals surface area contributed by atoms with Crippen molar-refractivity contribution < 1.29 is 17.9 Å². The van der Waals surface area contributed by atoms with E-state index in [0.717, 1.165) is 25.1 Å². The van der Waals surface area contributed by atoms with Crippen molar-refractivity contribution in [3.05, 3.63) is 54.0 Å². The van der Waals surface area contributed by atoms with Gasteiger partial charge < -0.3 is 10.5 Å². The molecule has 1 saturated carbocycles. The van der Waals surface area contributed by atoms with Gasteiger partial charge in [0.25, 0.3) is 0 Å². The summed E-state index contributed by atoms with van der Waals surface area (Å²) in [6.45, 7) is 0. The number of ether oxygens (including phenoxy) is 1. The number of fused-ring (bicyclic) bond motifs is 1. The van der Waals surface area contributed by atoms with Crippen LogP contribution in [-0.2, 0) is 6.18 Å². The molecule has 1 heterocycles. The number of aromatic nitrogens is 1. The van der Waals surface area contributed by atoms with E-state index in [2.05, 4.69) is 11.1 Å². The number of hydrogen-bond acceptors (Lipinski definition) is 3. The van der Waals surface area contributed by atoms with Gasteiger partial charge in [0.2, 0.25) is 0 Å². The lowest BCUT2D eigenvalue weighted by Gasteiger charge is -2.34. The summed E-state index contributed by atoms with van der Waals surface area (Å²) in [7, 11) is 0. The largest absolute Gasteiger partial charge is 0.457 e. The number of nitrogen functional groups attached to an aromatic ring is 1. The molecule has 23 heavy (non-hydrogen) atoms. The first kappa shape index (κ1) is 14.4. The van der Waals surface area contributed by atoms with Crippen molar-refractivity contribution in [3.8, 4) is 5.75 Å². The zero-order valence-electron chi connectivity index (χ0n) is 12.2. The Labute approximate surface area is 131 Å². The highest BCUT2D eigenvalue weighted by Gasteiger charge is 2.53. The van der Waals surface area contributed by atoms with Crippen molar-refractivity contribution in [2.24, 2.45) is 17.3 Å². The average molecular weight is 320 g/mol. The van der Waals surface area contributed by atoms with Crippen LogP contribution in [0.25, 0.3) is 0 Å². The molecule has 4 rings (SSSR count). The summed E-state index contributed by atoms with van der Waals surface area (Å²) < 4.78 is 45.4. The standard InChI is InChI=1S/C17H15F3N2O/c18-17(19,20)12-4-6-22-15(21)14(12)23-13-8-10-7-11-3-1-2-5-16(11,13)9-10/h1-6,8,10-11H,7,9H2,(H2,21,22). The molecule has 1 aromatic heterocycles. The Balaban J connectivity index is 1.74. The second-order valence-electron chi connectivity index (χ2n) is 6.29. The van der Waals surface area contributed by atoms with Crippen molar-refractivity contribution in [1.29, 1.82) is 0 Å². The van der Waals surface area contributed by atoms with Crippen LogP contribution in [0.15, 0.2) is 48.4 Å². The second-order valence-corrected chi connectivity index (χ2v) is 6.29. The highest BCUT2D eigenvalue weighted by atomic mass is 19.4. The van der Waals surface area contributed by atoms with Gasteiger partial charge in [0.05, 0.1) is 5.41 Å². The smallest absolute Gasteiger partial charge is 0.420 e. The highest BCUT2D eigenvalue weighted by Crippen LogP contribution is 2.60. The van der Waals surface area contributed by atoms with Crippen LogP contribution >= 0.6 is 0 Å². The molecule has 1 spiro atoms. The first-order valence-electron chi connectivity index (χ1n) is 7.48. The number of nitrogens with two attached hydrogens (primary N) is 1. The second kappa shape index (κ2) is 4.63. The molecule has 1 fully saturated rings. The van der Waals surface area contributed by atoms with Crippen LogP contribution < -0.4 is 10.5 Å². The van der Waals surface area contributed by atoms with Crippen LogP contribution in [0.4, 0.5) is 19.0 Å². The number of hydrogen-bond donors (Lipinski definition) is 1. The maximum atomic E-state index is 13.2. The molecule has 3 aliphatic carbocycles. The van der Waals surface area contributed by atoms with Gasteiger partial charge in [-0.15, -0.1) is 0 Å². The monoisotopic (exact) mass is 320 g/mol. The van der Waals surface area contributed by atoms with E-state index in [1.54, 1.807) is 0 Å². The number of rotatable bonds is 2. The molecule has 3 aliphatic rings. The minimum atomic E-state index is -4.54. The SMILES string of the molecule is Nc1nccc(C(F)(F)F)c1OC1=CC2CC3C=CC=CC13C2. The molecule has 0 radical (unpaired) electrons. The lowest BCUT2D eigenvalue weighted by molar-refractivity contribution is -0.138. The van der Waals surface area contributed by atoms with Crippen LogP contribution in [0.5, 0.6) is 5.75 Å². The fourth-order valence-electron chi connectivity index (χ4n) is 3.97. The third kappa shape index (κ3) is 2.08. The quantitative estimate of drug-likeness (QED) is 0.892. The van der Waals surface area contributed by atoms with Gasteiger partial charge in [0.15, 0.2) is 11.6 Å². The summed E-state index contributed by atoms with van der Waals surface area (Å²) in [5, 5.41) is 0. The van der Waals surface area contributed by atoms with E-state index in [0.29, 0.717) is 11.7 Å². The Bertz CT molecular complexity index is 751. The van der Waals surface area contributed by atoms with E-state index in [1.165, 1.54) is 0 Å². The zero-order chi connectivity index (χ0) is 16.2. The van der Waals surface area contributed by atoms with Crippen molar-refractivity contribution in [3.63, 3.8) is 0 Å². The Kier molecular flexibility index (Phi) is 2.89. The van der Waals surface area contributed by atoms with E-state index >= 15 is 0 Å². The Hall–Kier alpha value is -2.24. The minimum Gasteiger partial charge on any atom is -0.457 e. The summed E-state index contributed by atoms with van der Waals surface area (Å²) in [5.41, 5.74) is 4.43. The fourth-order valence-corrected chi connectivity index (χ4v) is 3.97. The van der Waals surface area contributed by atoms with E-state index < -0.39 is 17.5 Å². The van der Waals surface area contributed by atoms with Crippen molar-refractivity contribution in [1.82, 2.24) is 4.98 Å². The summed E-state index contributed by atoms with van der Waals surface area (Å²) >= 11 is 0. The topological polar surface area (TPSA) is 48.1 Å². The lowest BCUT2D eigenvalue weighted by Crippen LogP contribution is -2.29. The molecule has 1 aromatic rings. The Morgan fingerprint density at radius 3 is 2.91 bits per heavy atom. The fraction of sp³-hybridized carbons (Fsp3) is 0.353. The van der Waals surface area contributed by atoms with E-state index in [-0.39, 0.29) is 17.2 Å². The van der Waals surface area contributed by atoms with Gasteiger partial charge in [0.1, 0.15) is 11.3 Å². The number of alkyl halides is 3. The lowest BCUT2D eigenvalue weighted by atomic mass is 9.74. The predicted octanol–water partition coefficient (Wildman–Crippen LogP) is 4.10. The van der Waals surface area contributed by atoms with Crippen LogP contribution in [0.2, 0.25) is 0 Å². The molecule has 3 atom stereocenters. The molecule has 0 amide bonds. The maximum Gasteiger partial charge on any atom is 0.420 e. The Morgan fingerprint density at radius 2 is 2.13 bits per heavy atom. The van der Waals surface area contributed by atoms with Crippen LogP contribution in [-0.4, -0.2) is 4.98 Å². The van der Waals surface area contributed by atoms with Gasteiger partial charge in [-0.25, -0.2) is 4.98 Å². The van der Waals surface area contributed by atoms with Crippen LogP contribution in [0.3, 0.4) is 0 Å². The molecule has 0 saturated heterocycles. The molecule has 3 nitrogen and oxygen atoms in total. The van der Waals surface area contributed by atoms with Crippen molar-refractivity contribution in [2.45, 2.75) is 19.0 Å². The predicted molar refractivity (Wildman–Crippen MR) is 79.3 cm³/mol. The first-order valence-corrected chi connectivity index (χ1v) is 7.48. The third-order valence-corrected chi connectivity index (χ3v) is 4.96. The Morgan fingerprint density at radius 1 is 1.30 bits per heavy atom. The number of halogens is 3. The number of pyridine rings is 1. The molecular weight excluding hydrogens is 305 g/mol. The summed E-state index contributed by atoms with van der Waals surface area (Å²) in [4.78, 5) is 3.75. The third-order valence-electron chi connectivity index (χ3n) is 4.96. The maximum absolute atomic E-state index is 13.2. The first-order chi connectivity index (χ1) is 10.9. The summed E-state index contributed by atoms with van der Waals surface area (Å²) in [6.07, 6.45) is 8.37. The van der Waals surface area contributed by atoms with E-state index in [4.69, 9.17) is 10.5 Å². The number of allylic oxidation sites excluding steroid dienone is 5. The van der Waals surface area contributed by atoms with Crippen LogP contribution in [0.1, 0.15) is 18.4 Å². The molecular formula is C17H15F3N2O. The summed E-state index contributed by atoms with van der Waals surface area (Å²) in [6, 6.07) is 0.894. The molecule has 6 heteroatoms. The molecule has 2 N–H and O–H groups in total. The molecule has 3 unspecified atom stereocenters. The van der Waals surface area contributed by atoms with Crippen molar-refractivity contribution >= 4 is 5.82 Å². The van der Waals surface area contributed by atoms with Gasteiger partial charge in [0, 0.05) is 6.20 Å². The molecule has 120 valence electrons. The van der Waals surface area contributed by atoms with Gasteiger partial charge in [-0.3, -0.25) is 0 Å². The number of nitrogens with zero attached hydrogens (tertiary/aromatic N) is 1. The molecule has 2 bridgehead atoms. The highest BCUT2D eigenvalue weighted by molar-refractivity contribution is 5.54. The zero-order valence-corrected chi connectivity index (χ0v) is 12.2. The van der Waals surface area contributed by atoms with Gasteiger partial charge in [-0.1, -0.05) is 24.3 Å².